The molecular weight excluding hydrogens is 287 g/mol. The van der Waals surface area contributed by atoms with Gasteiger partial charge in [-0.2, -0.15) is 0 Å². The van der Waals surface area contributed by atoms with Crippen LogP contribution in [0.2, 0.25) is 0 Å². The second kappa shape index (κ2) is 4.42. The molecule has 1 spiro atoms. The predicted molar refractivity (Wildman–Crippen MR) is 74.5 cm³/mol. The number of halogens is 1. The number of carbonyl (C=O) groups excluding carboxylic acids is 2. The van der Waals surface area contributed by atoms with Crippen molar-refractivity contribution in [3.63, 3.8) is 0 Å². The molecule has 1 aromatic carbocycles. The van der Waals surface area contributed by atoms with E-state index in [-0.39, 0.29) is 18.3 Å². The van der Waals surface area contributed by atoms with Crippen LogP contribution < -0.4 is 10.6 Å². The number of primary amides is 1. The number of nitrogens with zero attached hydrogens (tertiary/aromatic N) is 1. The van der Waals surface area contributed by atoms with Crippen LogP contribution >= 0.6 is 23.5 Å². The van der Waals surface area contributed by atoms with Crippen LogP contribution in [0.3, 0.4) is 0 Å². The van der Waals surface area contributed by atoms with E-state index in [1.54, 1.807) is 6.07 Å². The molecule has 0 aromatic heterocycles. The predicted octanol–water partition coefficient (Wildman–Crippen LogP) is 1.29. The van der Waals surface area contributed by atoms with Crippen LogP contribution in [0.25, 0.3) is 0 Å². The fourth-order valence-electron chi connectivity index (χ4n) is 2.41. The van der Waals surface area contributed by atoms with E-state index < -0.39 is 9.99 Å². The number of carbonyl (C=O) groups is 2. The van der Waals surface area contributed by atoms with Gasteiger partial charge >= 0.3 is 0 Å². The van der Waals surface area contributed by atoms with E-state index in [1.165, 1.54) is 40.6 Å². The molecule has 0 radical (unpaired) electrons. The molecule has 19 heavy (non-hydrogen) atoms. The van der Waals surface area contributed by atoms with Crippen LogP contribution in [0.15, 0.2) is 18.2 Å². The lowest BCUT2D eigenvalue weighted by molar-refractivity contribution is -0.122. The first-order chi connectivity index (χ1) is 9.04. The van der Waals surface area contributed by atoms with Gasteiger partial charge in [-0.1, -0.05) is 0 Å². The summed E-state index contributed by atoms with van der Waals surface area (Å²) in [4.78, 5) is 25.1. The lowest BCUT2D eigenvalue weighted by Gasteiger charge is -2.21. The molecule has 0 bridgehead atoms. The Morgan fingerprint density at radius 1 is 1.42 bits per heavy atom. The van der Waals surface area contributed by atoms with Crippen LogP contribution in [0, 0.1) is 5.82 Å². The Bertz CT molecular complexity index is 573. The maximum absolute atomic E-state index is 13.5. The molecule has 3 rings (SSSR count). The maximum Gasteiger partial charge on any atom is 0.258 e. The van der Waals surface area contributed by atoms with Crippen molar-refractivity contribution in [2.24, 2.45) is 5.73 Å². The van der Waals surface area contributed by atoms with Crippen molar-refractivity contribution >= 4 is 41.0 Å². The van der Waals surface area contributed by atoms with Crippen molar-refractivity contribution in [1.82, 2.24) is 0 Å². The SMILES string of the molecule is NC(=O)CN1C(=O)C2(SCCS2)c2cc(F)ccc21. The van der Waals surface area contributed by atoms with Gasteiger partial charge < -0.3 is 10.6 Å². The Kier molecular flexibility index (Phi) is 2.98. The second-order valence-corrected chi connectivity index (χ2v) is 7.21. The van der Waals surface area contributed by atoms with Crippen molar-refractivity contribution in [3.8, 4) is 0 Å². The van der Waals surface area contributed by atoms with E-state index in [0.29, 0.717) is 11.3 Å². The minimum atomic E-state index is -0.799. The molecule has 2 aliphatic rings. The van der Waals surface area contributed by atoms with E-state index in [2.05, 4.69) is 0 Å². The van der Waals surface area contributed by atoms with Gasteiger partial charge in [-0.05, 0) is 18.2 Å². The highest BCUT2D eigenvalue weighted by Gasteiger charge is 2.54. The van der Waals surface area contributed by atoms with Gasteiger partial charge in [-0.25, -0.2) is 4.39 Å². The first-order valence-corrected chi connectivity index (χ1v) is 7.70. The number of hydrogen-bond donors (Lipinski definition) is 1. The van der Waals surface area contributed by atoms with Crippen LogP contribution in [0.4, 0.5) is 10.1 Å². The monoisotopic (exact) mass is 298 g/mol. The van der Waals surface area contributed by atoms with E-state index >= 15 is 0 Å². The minimum Gasteiger partial charge on any atom is -0.368 e. The van der Waals surface area contributed by atoms with Crippen LogP contribution in [-0.2, 0) is 13.7 Å². The Balaban J connectivity index is 2.14. The molecule has 100 valence electrons. The molecule has 2 amide bonds. The highest BCUT2D eigenvalue weighted by Crippen LogP contribution is 2.59. The number of anilines is 1. The molecule has 1 aromatic rings. The molecule has 4 nitrogen and oxygen atoms in total. The van der Waals surface area contributed by atoms with Gasteiger partial charge in [0.1, 0.15) is 12.4 Å². The first-order valence-electron chi connectivity index (χ1n) is 5.73. The third-order valence-electron chi connectivity index (χ3n) is 3.14. The van der Waals surface area contributed by atoms with Crippen LogP contribution in [-0.4, -0.2) is 29.9 Å². The van der Waals surface area contributed by atoms with Crippen molar-refractivity contribution in [3.05, 3.63) is 29.6 Å². The normalized spacial score (nSPS) is 20.1. The Labute approximate surface area is 117 Å². The number of fused-ring (bicyclic) bond motifs is 2. The molecule has 0 unspecified atom stereocenters. The van der Waals surface area contributed by atoms with Crippen molar-refractivity contribution < 1.29 is 14.0 Å². The highest BCUT2D eigenvalue weighted by atomic mass is 32.2. The number of nitrogens with two attached hydrogens (primary N) is 1. The Hall–Kier alpha value is -1.21. The zero-order chi connectivity index (χ0) is 13.6. The Morgan fingerprint density at radius 2 is 2.11 bits per heavy atom. The van der Waals surface area contributed by atoms with E-state index in [0.717, 1.165) is 11.5 Å². The summed E-state index contributed by atoms with van der Waals surface area (Å²) in [6, 6.07) is 4.22. The number of rotatable bonds is 2. The molecule has 0 saturated carbocycles. The zero-order valence-corrected chi connectivity index (χ0v) is 11.5. The summed E-state index contributed by atoms with van der Waals surface area (Å²) in [7, 11) is 0. The standard InChI is InChI=1S/C12H11FN2O2S2/c13-7-1-2-9-8(5-7)12(18-3-4-19-12)11(17)15(9)6-10(14)16/h1-2,5H,3-4,6H2,(H2,14,16). The summed E-state index contributed by atoms with van der Waals surface area (Å²) in [5.41, 5.74) is 6.42. The number of hydrogen-bond acceptors (Lipinski definition) is 4. The number of benzene rings is 1. The molecule has 2 aliphatic heterocycles. The summed E-state index contributed by atoms with van der Waals surface area (Å²) >= 11 is 2.99. The third-order valence-corrected chi connectivity index (χ3v) is 6.52. The minimum absolute atomic E-state index is 0.166. The van der Waals surface area contributed by atoms with Crippen molar-refractivity contribution in [2.45, 2.75) is 4.08 Å². The summed E-state index contributed by atoms with van der Waals surface area (Å²) < 4.78 is 12.7. The molecule has 0 atom stereocenters. The average Bonchev–Trinajstić information content (AvgIpc) is 2.92. The molecule has 2 heterocycles. The van der Waals surface area contributed by atoms with Gasteiger partial charge in [0.25, 0.3) is 5.91 Å². The third kappa shape index (κ3) is 1.83. The summed E-state index contributed by atoms with van der Waals surface area (Å²) in [5.74, 6) is 0.529. The quantitative estimate of drug-likeness (QED) is 0.893. The summed E-state index contributed by atoms with van der Waals surface area (Å²) in [5, 5.41) is 0. The summed E-state index contributed by atoms with van der Waals surface area (Å²) in [6.45, 7) is -0.166. The van der Waals surface area contributed by atoms with Crippen molar-refractivity contribution in [1.29, 1.82) is 0 Å². The van der Waals surface area contributed by atoms with Crippen molar-refractivity contribution in [2.75, 3.05) is 23.0 Å². The lowest BCUT2D eigenvalue weighted by Crippen LogP contribution is -2.40. The molecular formula is C12H11FN2O2S2. The van der Waals surface area contributed by atoms with Gasteiger partial charge in [0.05, 0.1) is 5.69 Å². The van der Waals surface area contributed by atoms with Gasteiger partial charge in [-0.15, -0.1) is 23.5 Å². The van der Waals surface area contributed by atoms with E-state index in [1.807, 2.05) is 0 Å². The topological polar surface area (TPSA) is 63.4 Å². The van der Waals surface area contributed by atoms with Gasteiger partial charge in [0, 0.05) is 17.1 Å². The Morgan fingerprint density at radius 3 is 2.74 bits per heavy atom. The molecule has 2 N–H and O–H groups in total. The average molecular weight is 298 g/mol. The zero-order valence-electron chi connectivity index (χ0n) is 9.89. The van der Waals surface area contributed by atoms with E-state index in [9.17, 15) is 14.0 Å². The highest BCUT2D eigenvalue weighted by molar-refractivity contribution is 8.21. The smallest absolute Gasteiger partial charge is 0.258 e. The largest absolute Gasteiger partial charge is 0.368 e. The second-order valence-electron chi connectivity index (χ2n) is 4.33. The first kappa shape index (κ1) is 12.8. The lowest BCUT2D eigenvalue weighted by atomic mass is 10.1. The van der Waals surface area contributed by atoms with Gasteiger partial charge in [0.2, 0.25) is 5.91 Å². The van der Waals surface area contributed by atoms with E-state index in [4.69, 9.17) is 5.73 Å². The fourth-order valence-corrected chi connectivity index (χ4v) is 5.59. The molecule has 7 heteroatoms. The van der Waals surface area contributed by atoms with Gasteiger partial charge in [-0.3, -0.25) is 9.59 Å². The van der Waals surface area contributed by atoms with Gasteiger partial charge in [0.15, 0.2) is 4.08 Å². The summed E-state index contributed by atoms with van der Waals surface area (Å²) in [6.07, 6.45) is 0. The number of amides is 2. The molecule has 1 fully saturated rings. The fraction of sp³-hybridized carbons (Fsp3) is 0.333. The maximum atomic E-state index is 13.5. The molecule has 0 aliphatic carbocycles. The number of thioether (sulfide) groups is 2. The van der Waals surface area contributed by atoms with Crippen LogP contribution in [0.1, 0.15) is 5.56 Å². The van der Waals surface area contributed by atoms with Crippen LogP contribution in [0.5, 0.6) is 0 Å². The molecule has 1 saturated heterocycles.